The van der Waals surface area contributed by atoms with Gasteiger partial charge < -0.3 is 9.47 Å². The van der Waals surface area contributed by atoms with Crippen molar-refractivity contribution in [1.82, 2.24) is 5.23 Å². The normalized spacial score (nSPS) is 43.4. The van der Waals surface area contributed by atoms with E-state index in [9.17, 15) is 4.79 Å². The van der Waals surface area contributed by atoms with Crippen LogP contribution < -0.4 is 0 Å². The summed E-state index contributed by atoms with van der Waals surface area (Å²) in [4.78, 5) is 24.6. The van der Waals surface area contributed by atoms with Crippen LogP contribution in [0.2, 0.25) is 0 Å². The number of methoxy groups -OCH3 is 1. The van der Waals surface area contributed by atoms with Crippen molar-refractivity contribution in [3.8, 4) is 0 Å². The van der Waals surface area contributed by atoms with Crippen molar-refractivity contribution in [2.45, 2.75) is 82.3 Å². The topological polar surface area (TPSA) is 57.2 Å². The highest BCUT2D eigenvalue weighted by Gasteiger charge is 2.67. The molecule has 164 valence electrons. The molecule has 8 atom stereocenters. The van der Waals surface area contributed by atoms with E-state index in [0.29, 0.717) is 11.8 Å². The summed E-state index contributed by atoms with van der Waals surface area (Å²) in [6, 6.07) is 10.7. The van der Waals surface area contributed by atoms with Crippen LogP contribution in [0, 0.1) is 17.8 Å². The van der Waals surface area contributed by atoms with E-state index in [0.717, 1.165) is 25.7 Å². The maximum atomic E-state index is 12.3. The van der Waals surface area contributed by atoms with Gasteiger partial charge in [-0.3, -0.25) is 4.84 Å². The fourth-order valence-electron chi connectivity index (χ4n) is 6.54. The molecule has 0 N–H and O–H groups in total. The lowest BCUT2D eigenvalue weighted by Crippen LogP contribution is -2.58. The van der Waals surface area contributed by atoms with E-state index in [-0.39, 0.29) is 35.7 Å². The van der Waals surface area contributed by atoms with Crippen molar-refractivity contribution < 1.29 is 23.9 Å². The van der Waals surface area contributed by atoms with Crippen LogP contribution in [0.4, 0.5) is 0 Å². The third-order valence-electron chi connectivity index (χ3n) is 8.19. The number of carbonyl (C=O) groups is 1. The number of hydroxylamine groups is 2. The second-order valence-electron chi connectivity index (χ2n) is 9.63. The fraction of sp³-hybridized carbons (Fsp3) is 0.708. The summed E-state index contributed by atoms with van der Waals surface area (Å²) in [5, 5.41) is 1.60. The molecule has 0 aromatic heterocycles. The van der Waals surface area contributed by atoms with Gasteiger partial charge in [0.1, 0.15) is 0 Å². The third kappa shape index (κ3) is 3.11. The van der Waals surface area contributed by atoms with Crippen molar-refractivity contribution in [1.29, 1.82) is 0 Å². The van der Waals surface area contributed by atoms with Gasteiger partial charge in [0.25, 0.3) is 0 Å². The first-order valence-electron chi connectivity index (χ1n) is 11.5. The maximum Gasteiger partial charge on any atom is 0.337 e. The van der Waals surface area contributed by atoms with Gasteiger partial charge in [-0.25, -0.2) is 9.63 Å². The first-order chi connectivity index (χ1) is 14.5. The Morgan fingerprint density at radius 2 is 1.80 bits per heavy atom. The van der Waals surface area contributed by atoms with Crippen LogP contribution in [0.15, 0.2) is 30.3 Å². The minimum atomic E-state index is -0.595. The molecule has 4 aliphatic rings. The van der Waals surface area contributed by atoms with E-state index in [2.05, 4.69) is 44.2 Å². The summed E-state index contributed by atoms with van der Waals surface area (Å²) in [6.07, 6.45) is 5.76. The first-order valence-corrected chi connectivity index (χ1v) is 11.5. The third-order valence-corrected chi connectivity index (χ3v) is 8.19. The summed E-state index contributed by atoms with van der Waals surface area (Å²) >= 11 is 0. The van der Waals surface area contributed by atoms with E-state index in [4.69, 9.17) is 19.1 Å². The number of carbonyl (C=O) groups excluding carboxylic acids is 1. The average Bonchev–Trinajstić information content (AvgIpc) is 3.27. The van der Waals surface area contributed by atoms with Gasteiger partial charge in [-0.2, -0.15) is 0 Å². The molecule has 5 rings (SSSR count). The number of hydrogen-bond donors (Lipinski definition) is 0. The van der Waals surface area contributed by atoms with Crippen LogP contribution >= 0.6 is 0 Å². The zero-order valence-electron chi connectivity index (χ0n) is 18.2. The Bertz CT molecular complexity index is 772. The van der Waals surface area contributed by atoms with Crippen LogP contribution in [0.1, 0.15) is 63.9 Å². The molecule has 0 spiro atoms. The Hall–Kier alpha value is -1.47. The predicted molar refractivity (Wildman–Crippen MR) is 110 cm³/mol. The molecule has 2 saturated heterocycles. The van der Waals surface area contributed by atoms with Crippen LogP contribution in [0.25, 0.3) is 0 Å². The van der Waals surface area contributed by atoms with Crippen LogP contribution in [0.5, 0.6) is 0 Å². The molecule has 4 fully saturated rings. The summed E-state index contributed by atoms with van der Waals surface area (Å²) in [5.41, 5.74) is 1.03. The Morgan fingerprint density at radius 1 is 1.07 bits per heavy atom. The van der Waals surface area contributed by atoms with Crippen molar-refractivity contribution in [3.63, 3.8) is 0 Å². The lowest BCUT2D eigenvalue weighted by Gasteiger charge is -2.49. The Kier molecular flexibility index (Phi) is 5.38. The van der Waals surface area contributed by atoms with Crippen molar-refractivity contribution >= 4 is 5.97 Å². The standard InChI is InChI=1S/C24H33NO5/c1-15-18-13-14-19-21(22(26)27-3)29-25(24(18,19)2)30-23(15)28-20-12-8-7-11-17(20)16-9-5-4-6-10-16/h4-6,9-10,15,17-21,23H,7-8,11-14H2,1-3H3/t15-,17+,18+,19-,20-,21+,23-,24-/m1/s1. The fourth-order valence-corrected chi connectivity index (χ4v) is 6.54. The molecule has 30 heavy (non-hydrogen) atoms. The number of ether oxygens (including phenoxy) is 2. The number of nitrogens with zero attached hydrogens (tertiary/aromatic N) is 1. The Morgan fingerprint density at radius 3 is 2.57 bits per heavy atom. The molecule has 2 aliphatic carbocycles. The second-order valence-corrected chi connectivity index (χ2v) is 9.63. The molecule has 6 heteroatoms. The average molecular weight is 416 g/mol. The van der Waals surface area contributed by atoms with Gasteiger partial charge >= 0.3 is 5.97 Å². The summed E-state index contributed by atoms with van der Waals surface area (Å²) in [5.74, 6) is 0.749. The molecular weight excluding hydrogens is 382 g/mol. The largest absolute Gasteiger partial charge is 0.467 e. The monoisotopic (exact) mass is 415 g/mol. The summed E-state index contributed by atoms with van der Waals surface area (Å²) < 4.78 is 11.7. The maximum absolute atomic E-state index is 12.3. The first kappa shape index (κ1) is 20.4. The minimum absolute atomic E-state index is 0.0881. The molecule has 0 amide bonds. The van der Waals surface area contributed by atoms with Crippen LogP contribution in [0.3, 0.4) is 0 Å². The molecule has 1 aromatic carbocycles. The quantitative estimate of drug-likeness (QED) is 0.687. The summed E-state index contributed by atoms with van der Waals surface area (Å²) in [6.45, 7) is 4.39. The van der Waals surface area contributed by atoms with Crippen LogP contribution in [-0.2, 0) is 23.9 Å². The van der Waals surface area contributed by atoms with Crippen molar-refractivity contribution in [3.05, 3.63) is 35.9 Å². The van der Waals surface area contributed by atoms with E-state index in [1.54, 1.807) is 5.23 Å². The van der Waals surface area contributed by atoms with Gasteiger partial charge in [0.05, 0.1) is 18.8 Å². The van der Waals surface area contributed by atoms with E-state index in [1.807, 2.05) is 0 Å². The zero-order chi connectivity index (χ0) is 20.9. The highest BCUT2D eigenvalue weighted by Crippen LogP contribution is 2.58. The highest BCUT2D eigenvalue weighted by atomic mass is 17.0. The van der Waals surface area contributed by atoms with Gasteiger partial charge in [-0.05, 0) is 44.1 Å². The lowest BCUT2D eigenvalue weighted by atomic mass is 9.74. The molecular formula is C24H33NO5. The van der Waals surface area contributed by atoms with Crippen molar-refractivity contribution in [2.75, 3.05) is 7.11 Å². The van der Waals surface area contributed by atoms with Gasteiger partial charge in [0, 0.05) is 17.8 Å². The molecule has 6 nitrogen and oxygen atoms in total. The number of rotatable bonds is 4. The molecule has 0 unspecified atom stereocenters. The van der Waals surface area contributed by atoms with Gasteiger partial charge in [0.15, 0.2) is 12.4 Å². The van der Waals surface area contributed by atoms with Crippen LogP contribution in [-0.4, -0.2) is 42.3 Å². The van der Waals surface area contributed by atoms with Crippen molar-refractivity contribution in [2.24, 2.45) is 17.8 Å². The molecule has 1 aromatic rings. The molecule has 0 radical (unpaired) electrons. The van der Waals surface area contributed by atoms with Gasteiger partial charge in [0.2, 0.25) is 0 Å². The Labute approximate surface area is 178 Å². The predicted octanol–water partition coefficient (Wildman–Crippen LogP) is 4.21. The van der Waals surface area contributed by atoms with Gasteiger partial charge in [-0.15, -0.1) is 0 Å². The molecule has 2 saturated carbocycles. The number of esters is 1. The van der Waals surface area contributed by atoms with E-state index >= 15 is 0 Å². The zero-order valence-corrected chi connectivity index (χ0v) is 18.2. The smallest absolute Gasteiger partial charge is 0.337 e. The second kappa shape index (κ2) is 7.90. The number of hydrogen-bond acceptors (Lipinski definition) is 6. The molecule has 2 aliphatic heterocycles. The number of benzene rings is 1. The highest BCUT2D eigenvalue weighted by molar-refractivity contribution is 5.75. The minimum Gasteiger partial charge on any atom is -0.467 e. The summed E-state index contributed by atoms with van der Waals surface area (Å²) in [7, 11) is 1.42. The lowest BCUT2D eigenvalue weighted by molar-refractivity contribution is -0.473. The molecule has 2 heterocycles. The Balaban J connectivity index is 1.36. The molecule has 0 bridgehead atoms. The van der Waals surface area contributed by atoms with Gasteiger partial charge in [-0.1, -0.05) is 55.3 Å². The SMILES string of the molecule is COC(=O)[C@H]1ON2O[C@@H](O[C@@H]3CCCC[C@H]3c3ccccc3)[C@H](C)[C@@H]3CC[C@H]1[C@@]32C. The van der Waals surface area contributed by atoms with E-state index < -0.39 is 6.10 Å². The van der Waals surface area contributed by atoms with E-state index in [1.165, 1.54) is 25.5 Å².